The fraction of sp³-hybridized carbons (Fsp3) is 0.500. The average molecular weight is 206 g/mol. The van der Waals surface area contributed by atoms with Crippen molar-refractivity contribution in [3.8, 4) is 0 Å². The van der Waals surface area contributed by atoms with Gasteiger partial charge in [-0.1, -0.05) is 6.58 Å². The summed E-state index contributed by atoms with van der Waals surface area (Å²) >= 11 is 0. The smallest absolute Gasteiger partial charge is 0.281 e. The van der Waals surface area contributed by atoms with Crippen LogP contribution in [-0.4, -0.2) is 41.6 Å². The summed E-state index contributed by atoms with van der Waals surface area (Å²) in [7, 11) is 0. The zero-order valence-electron chi connectivity index (χ0n) is 8.73. The van der Waals surface area contributed by atoms with Gasteiger partial charge in [-0.15, -0.1) is 0 Å². The highest BCUT2D eigenvalue weighted by molar-refractivity contribution is 6.27. The molecule has 0 spiro atoms. The number of aliphatic imine (C=N–C) groups is 2. The van der Waals surface area contributed by atoms with E-state index >= 15 is 0 Å². The van der Waals surface area contributed by atoms with Crippen LogP contribution in [0.3, 0.4) is 0 Å². The number of carbonyl (C=O) groups is 1. The zero-order valence-corrected chi connectivity index (χ0v) is 8.73. The normalized spacial score (nSPS) is 26.8. The summed E-state index contributed by atoms with van der Waals surface area (Å²) in [5.41, 5.74) is 6.80. The van der Waals surface area contributed by atoms with Crippen LogP contribution >= 0.6 is 0 Å². The number of hydrogen-bond acceptors (Lipinski definition) is 4. The van der Waals surface area contributed by atoms with Crippen LogP contribution in [0.15, 0.2) is 22.1 Å². The molecule has 0 aromatic heterocycles. The second-order valence-corrected chi connectivity index (χ2v) is 3.89. The number of nitrogens with two attached hydrogens (primary N) is 1. The summed E-state index contributed by atoms with van der Waals surface area (Å²) in [6.45, 7) is 6.92. The van der Waals surface area contributed by atoms with Crippen molar-refractivity contribution in [2.45, 2.75) is 19.4 Å². The Morgan fingerprint density at radius 3 is 2.80 bits per heavy atom. The quantitative estimate of drug-likeness (QED) is 0.564. The third-order valence-electron chi connectivity index (χ3n) is 2.67. The summed E-state index contributed by atoms with van der Waals surface area (Å²) in [5.74, 6) is 0.191. The molecule has 1 amide bonds. The monoisotopic (exact) mass is 206 g/mol. The number of guanidine groups is 1. The Hall–Kier alpha value is -1.49. The minimum Gasteiger partial charge on any atom is -0.339 e. The van der Waals surface area contributed by atoms with Gasteiger partial charge in [0.15, 0.2) is 0 Å². The van der Waals surface area contributed by atoms with Gasteiger partial charge in [-0.2, -0.15) is 4.99 Å². The van der Waals surface area contributed by atoms with Gasteiger partial charge in [0.05, 0.1) is 11.3 Å². The van der Waals surface area contributed by atoms with Crippen molar-refractivity contribution in [3.05, 3.63) is 12.2 Å². The number of carbonyl (C=O) groups excluding carboxylic acids is 1. The lowest BCUT2D eigenvalue weighted by Crippen LogP contribution is -2.34. The van der Waals surface area contributed by atoms with Crippen LogP contribution in [0.1, 0.15) is 13.3 Å². The number of rotatable bonds is 0. The van der Waals surface area contributed by atoms with E-state index in [2.05, 4.69) is 16.6 Å². The van der Waals surface area contributed by atoms with E-state index in [1.54, 1.807) is 6.92 Å². The van der Waals surface area contributed by atoms with Gasteiger partial charge in [0.1, 0.15) is 0 Å². The van der Waals surface area contributed by atoms with Gasteiger partial charge in [0.25, 0.3) is 5.91 Å². The van der Waals surface area contributed by atoms with Crippen molar-refractivity contribution in [2.75, 3.05) is 13.1 Å². The van der Waals surface area contributed by atoms with Crippen molar-refractivity contribution in [2.24, 2.45) is 15.7 Å². The van der Waals surface area contributed by atoms with E-state index in [0.717, 1.165) is 19.5 Å². The van der Waals surface area contributed by atoms with Crippen LogP contribution in [-0.2, 0) is 4.79 Å². The molecular weight excluding hydrogens is 192 g/mol. The van der Waals surface area contributed by atoms with Gasteiger partial charge in [-0.3, -0.25) is 4.79 Å². The molecule has 0 aromatic rings. The third-order valence-corrected chi connectivity index (χ3v) is 2.67. The molecule has 0 aromatic carbocycles. The molecule has 1 fully saturated rings. The van der Waals surface area contributed by atoms with Crippen molar-refractivity contribution in [1.29, 1.82) is 0 Å². The van der Waals surface area contributed by atoms with E-state index < -0.39 is 0 Å². The van der Waals surface area contributed by atoms with Crippen molar-refractivity contribution in [3.63, 3.8) is 0 Å². The molecule has 2 heterocycles. The molecule has 80 valence electrons. The first-order valence-electron chi connectivity index (χ1n) is 4.96. The molecule has 0 saturated carbocycles. The first-order valence-corrected chi connectivity index (χ1v) is 4.96. The molecule has 2 rings (SSSR count). The maximum Gasteiger partial charge on any atom is 0.281 e. The Balaban J connectivity index is 2.21. The molecule has 1 unspecified atom stereocenters. The van der Waals surface area contributed by atoms with Crippen molar-refractivity contribution < 1.29 is 4.79 Å². The number of likely N-dealkylation sites (tertiary alicyclic amines) is 1. The Morgan fingerprint density at radius 1 is 1.53 bits per heavy atom. The fourth-order valence-electron chi connectivity index (χ4n) is 1.67. The molecule has 15 heavy (non-hydrogen) atoms. The summed E-state index contributed by atoms with van der Waals surface area (Å²) in [4.78, 5) is 21.5. The topological polar surface area (TPSA) is 71.0 Å². The highest BCUT2D eigenvalue weighted by Crippen LogP contribution is 2.13. The summed E-state index contributed by atoms with van der Waals surface area (Å²) in [6.07, 6.45) is 0.919. The number of amides is 1. The largest absolute Gasteiger partial charge is 0.339 e. The van der Waals surface area contributed by atoms with Gasteiger partial charge >= 0.3 is 0 Å². The molecular formula is C10H14N4O. The van der Waals surface area contributed by atoms with E-state index in [1.165, 1.54) is 0 Å². The van der Waals surface area contributed by atoms with Crippen LogP contribution in [0, 0.1) is 0 Å². The lowest BCUT2D eigenvalue weighted by atomic mass is 10.2. The first kappa shape index (κ1) is 10.0. The Kier molecular flexibility index (Phi) is 2.40. The van der Waals surface area contributed by atoms with Crippen molar-refractivity contribution in [1.82, 2.24) is 4.90 Å². The van der Waals surface area contributed by atoms with E-state index in [0.29, 0.717) is 17.2 Å². The standard InChI is InChI=1S/C10H14N4O/c1-6-7(2)12-10(13-9(6)15)14-4-3-8(11)5-14/h8H,1,3-5,11H2,2H3. The van der Waals surface area contributed by atoms with Crippen LogP contribution in [0.2, 0.25) is 0 Å². The number of hydrogen-bond donors (Lipinski definition) is 1. The van der Waals surface area contributed by atoms with E-state index in [4.69, 9.17) is 5.73 Å². The number of nitrogens with zero attached hydrogens (tertiary/aromatic N) is 3. The molecule has 0 radical (unpaired) electrons. The van der Waals surface area contributed by atoms with Gasteiger partial charge in [0.2, 0.25) is 5.96 Å². The van der Waals surface area contributed by atoms with Gasteiger partial charge in [-0.25, -0.2) is 4.99 Å². The lowest BCUT2D eigenvalue weighted by molar-refractivity contribution is -0.114. The van der Waals surface area contributed by atoms with Crippen LogP contribution in [0.4, 0.5) is 0 Å². The zero-order chi connectivity index (χ0) is 11.0. The molecule has 5 heteroatoms. The Morgan fingerprint density at radius 2 is 2.27 bits per heavy atom. The van der Waals surface area contributed by atoms with Crippen LogP contribution in [0.25, 0.3) is 0 Å². The fourth-order valence-corrected chi connectivity index (χ4v) is 1.67. The lowest BCUT2D eigenvalue weighted by Gasteiger charge is -2.19. The van der Waals surface area contributed by atoms with Crippen LogP contribution in [0.5, 0.6) is 0 Å². The predicted octanol–water partition coefficient (Wildman–Crippen LogP) is -0.0673. The molecule has 2 aliphatic rings. The van der Waals surface area contributed by atoms with Gasteiger partial charge < -0.3 is 10.6 Å². The molecule has 2 aliphatic heterocycles. The van der Waals surface area contributed by atoms with E-state index in [9.17, 15) is 4.79 Å². The summed E-state index contributed by atoms with van der Waals surface area (Å²) in [6, 6.07) is 0.156. The Bertz CT molecular complexity index is 383. The maximum absolute atomic E-state index is 11.4. The predicted molar refractivity (Wildman–Crippen MR) is 58.9 cm³/mol. The van der Waals surface area contributed by atoms with E-state index in [1.807, 2.05) is 4.90 Å². The second-order valence-electron chi connectivity index (χ2n) is 3.89. The van der Waals surface area contributed by atoms with E-state index in [-0.39, 0.29) is 11.9 Å². The third kappa shape index (κ3) is 1.83. The summed E-state index contributed by atoms with van der Waals surface area (Å²) < 4.78 is 0. The highest BCUT2D eigenvalue weighted by Gasteiger charge is 2.26. The SMILES string of the molecule is C=C1C(=O)N=C(N2CCC(N)C2)N=C1C. The van der Waals surface area contributed by atoms with Crippen LogP contribution < -0.4 is 5.73 Å². The minimum absolute atomic E-state index is 0.156. The molecule has 1 saturated heterocycles. The highest BCUT2D eigenvalue weighted by atomic mass is 16.1. The summed E-state index contributed by atoms with van der Waals surface area (Å²) in [5, 5.41) is 0. The minimum atomic E-state index is -0.294. The molecule has 2 N–H and O–H groups in total. The maximum atomic E-state index is 11.4. The van der Waals surface area contributed by atoms with Crippen molar-refractivity contribution >= 4 is 17.6 Å². The molecule has 5 nitrogen and oxygen atoms in total. The molecule has 1 atom stereocenters. The Labute approximate surface area is 88.4 Å². The molecule has 0 bridgehead atoms. The van der Waals surface area contributed by atoms with Gasteiger partial charge in [0, 0.05) is 19.1 Å². The first-order chi connectivity index (χ1) is 7.08. The molecule has 0 aliphatic carbocycles. The average Bonchev–Trinajstić information content (AvgIpc) is 2.60. The second kappa shape index (κ2) is 3.58. The van der Waals surface area contributed by atoms with Gasteiger partial charge in [-0.05, 0) is 13.3 Å².